The number of aromatic nitrogens is 4. The number of fused-ring (bicyclic) bond motifs is 1. The van der Waals surface area contributed by atoms with Crippen LogP contribution in [0, 0.1) is 13.8 Å². The molecule has 9 heteroatoms. The molecular weight excluding hydrogens is 376 g/mol. The van der Waals surface area contributed by atoms with Crippen molar-refractivity contribution in [1.29, 1.82) is 0 Å². The second-order valence-corrected chi connectivity index (χ2v) is 9.21. The topological polar surface area (TPSA) is 87.4 Å². The Bertz CT molecular complexity index is 876. The fourth-order valence-corrected chi connectivity index (χ4v) is 5.22. The summed E-state index contributed by atoms with van der Waals surface area (Å²) in [7, 11) is 0. The second-order valence-electron chi connectivity index (χ2n) is 8.01. The zero-order valence-electron chi connectivity index (χ0n) is 16.9. The van der Waals surface area contributed by atoms with E-state index in [-0.39, 0.29) is 18.1 Å². The van der Waals surface area contributed by atoms with Gasteiger partial charge in [0, 0.05) is 38.6 Å². The molecule has 8 nitrogen and oxygen atoms in total. The molecule has 28 heavy (non-hydrogen) atoms. The van der Waals surface area contributed by atoms with Gasteiger partial charge in [0.25, 0.3) is 5.91 Å². The van der Waals surface area contributed by atoms with Gasteiger partial charge >= 0.3 is 0 Å². The maximum atomic E-state index is 13.0. The standard InChI is InChI=1S/C19H28N6O2S/c1-11(2)25-10-14(26)9-15(25)18-22-21-16-5-6-23(7-8-24(16)18)19(27)17-12(3)20-13(4)28-17/h11,14-15,26H,5-10H2,1-4H3/t14-,15+/m1/s1. The van der Waals surface area contributed by atoms with Crippen molar-refractivity contribution >= 4 is 17.2 Å². The van der Waals surface area contributed by atoms with Crippen molar-refractivity contribution in [2.24, 2.45) is 0 Å². The van der Waals surface area contributed by atoms with Gasteiger partial charge in [0.2, 0.25) is 0 Å². The lowest BCUT2D eigenvalue weighted by atomic mass is 10.1. The van der Waals surface area contributed by atoms with Gasteiger partial charge < -0.3 is 14.6 Å². The predicted molar refractivity (Wildman–Crippen MR) is 106 cm³/mol. The van der Waals surface area contributed by atoms with E-state index in [1.54, 1.807) is 0 Å². The molecule has 0 aliphatic carbocycles. The van der Waals surface area contributed by atoms with Crippen LogP contribution in [0.5, 0.6) is 0 Å². The number of hydrogen-bond donors (Lipinski definition) is 1. The number of likely N-dealkylation sites (tertiary alicyclic amines) is 1. The normalized spacial score (nSPS) is 23.3. The Morgan fingerprint density at radius 1 is 1.21 bits per heavy atom. The molecule has 1 saturated heterocycles. The SMILES string of the molecule is Cc1nc(C)c(C(=O)N2CCc3nnc([C@@H]4C[C@@H](O)CN4C(C)C)n3CC2)s1. The van der Waals surface area contributed by atoms with Crippen LogP contribution in [-0.2, 0) is 13.0 Å². The smallest absolute Gasteiger partial charge is 0.265 e. The fraction of sp³-hybridized carbons (Fsp3) is 0.684. The Morgan fingerprint density at radius 2 is 2.00 bits per heavy atom. The van der Waals surface area contributed by atoms with E-state index in [0.29, 0.717) is 45.1 Å². The monoisotopic (exact) mass is 404 g/mol. The Kier molecular flexibility index (Phi) is 5.24. The number of carbonyl (C=O) groups excluding carboxylic acids is 1. The molecule has 0 bridgehead atoms. The highest BCUT2D eigenvalue weighted by molar-refractivity contribution is 7.13. The van der Waals surface area contributed by atoms with Gasteiger partial charge in [0.15, 0.2) is 5.82 Å². The zero-order chi connectivity index (χ0) is 20.0. The molecule has 2 aromatic rings. The summed E-state index contributed by atoms with van der Waals surface area (Å²) < 4.78 is 2.16. The van der Waals surface area contributed by atoms with Gasteiger partial charge in [-0.15, -0.1) is 21.5 Å². The minimum atomic E-state index is -0.332. The number of β-amino-alcohol motifs (C(OH)–C–C–N with tert-alkyl or cyclic N) is 1. The van der Waals surface area contributed by atoms with Crippen molar-refractivity contribution in [2.75, 3.05) is 19.6 Å². The molecule has 2 atom stereocenters. The number of aliphatic hydroxyl groups is 1. The molecule has 0 saturated carbocycles. The number of rotatable bonds is 3. The van der Waals surface area contributed by atoms with Crippen LogP contribution < -0.4 is 0 Å². The molecule has 0 aromatic carbocycles. The van der Waals surface area contributed by atoms with Gasteiger partial charge in [-0.3, -0.25) is 9.69 Å². The molecule has 0 radical (unpaired) electrons. The minimum absolute atomic E-state index is 0.0588. The summed E-state index contributed by atoms with van der Waals surface area (Å²) in [6.07, 6.45) is 1.03. The van der Waals surface area contributed by atoms with Gasteiger partial charge in [-0.1, -0.05) is 0 Å². The number of aryl methyl sites for hydroxylation is 2. The summed E-state index contributed by atoms with van der Waals surface area (Å²) in [5, 5.41) is 20.0. The Hall–Kier alpha value is -1.84. The van der Waals surface area contributed by atoms with E-state index < -0.39 is 0 Å². The first kappa shape index (κ1) is 19.5. The third-order valence-corrected chi connectivity index (χ3v) is 6.78. The number of nitrogens with zero attached hydrogens (tertiary/aromatic N) is 6. The number of aliphatic hydroxyl groups excluding tert-OH is 1. The summed E-state index contributed by atoms with van der Waals surface area (Å²) in [6, 6.07) is 0.404. The lowest BCUT2D eigenvalue weighted by Crippen LogP contribution is -2.34. The molecule has 0 unspecified atom stereocenters. The number of hydrogen-bond acceptors (Lipinski definition) is 7. The van der Waals surface area contributed by atoms with Crippen LogP contribution in [0.4, 0.5) is 0 Å². The van der Waals surface area contributed by atoms with Gasteiger partial charge in [0.1, 0.15) is 10.7 Å². The van der Waals surface area contributed by atoms with Crippen molar-refractivity contribution in [3.63, 3.8) is 0 Å². The first-order valence-corrected chi connectivity index (χ1v) is 10.8. The fourth-order valence-electron chi connectivity index (χ4n) is 4.33. The van der Waals surface area contributed by atoms with E-state index in [1.807, 2.05) is 18.7 Å². The molecule has 152 valence electrons. The van der Waals surface area contributed by atoms with Crippen molar-refractivity contribution in [2.45, 2.75) is 65.3 Å². The summed E-state index contributed by atoms with van der Waals surface area (Å²) in [5.74, 6) is 1.90. The van der Waals surface area contributed by atoms with E-state index in [9.17, 15) is 9.90 Å². The highest BCUT2D eigenvalue weighted by atomic mass is 32.1. The van der Waals surface area contributed by atoms with E-state index >= 15 is 0 Å². The summed E-state index contributed by atoms with van der Waals surface area (Å²) >= 11 is 1.46. The average molecular weight is 405 g/mol. The van der Waals surface area contributed by atoms with Crippen molar-refractivity contribution in [3.8, 4) is 0 Å². The van der Waals surface area contributed by atoms with Crippen molar-refractivity contribution in [1.82, 2.24) is 29.5 Å². The zero-order valence-corrected chi connectivity index (χ0v) is 17.7. The molecule has 2 aliphatic heterocycles. The number of carbonyl (C=O) groups is 1. The van der Waals surface area contributed by atoms with Crippen LogP contribution in [0.15, 0.2) is 0 Å². The third kappa shape index (κ3) is 3.46. The highest BCUT2D eigenvalue weighted by Gasteiger charge is 2.37. The van der Waals surface area contributed by atoms with Gasteiger partial charge in [0.05, 0.1) is 22.8 Å². The Balaban J connectivity index is 1.54. The first-order chi connectivity index (χ1) is 13.3. The number of amides is 1. The first-order valence-electron chi connectivity index (χ1n) is 9.94. The van der Waals surface area contributed by atoms with Crippen LogP contribution in [0.2, 0.25) is 0 Å². The maximum Gasteiger partial charge on any atom is 0.265 e. The highest BCUT2D eigenvalue weighted by Crippen LogP contribution is 2.33. The average Bonchev–Trinajstić information content (AvgIpc) is 3.27. The molecular formula is C19H28N6O2S. The van der Waals surface area contributed by atoms with Gasteiger partial charge in [-0.2, -0.15) is 0 Å². The van der Waals surface area contributed by atoms with Crippen LogP contribution in [0.3, 0.4) is 0 Å². The van der Waals surface area contributed by atoms with Crippen LogP contribution in [0.1, 0.15) is 58.3 Å². The third-order valence-electron chi connectivity index (χ3n) is 5.72. The Morgan fingerprint density at radius 3 is 2.68 bits per heavy atom. The van der Waals surface area contributed by atoms with Crippen molar-refractivity contribution < 1.29 is 9.90 Å². The molecule has 2 aromatic heterocycles. The van der Waals surface area contributed by atoms with E-state index in [1.165, 1.54) is 11.3 Å². The molecule has 0 spiro atoms. The predicted octanol–water partition coefficient (Wildman–Crippen LogP) is 1.57. The van der Waals surface area contributed by atoms with Gasteiger partial charge in [-0.25, -0.2) is 4.98 Å². The van der Waals surface area contributed by atoms with Crippen molar-refractivity contribution in [3.05, 3.63) is 27.2 Å². The lowest BCUT2D eigenvalue weighted by Gasteiger charge is -2.27. The summed E-state index contributed by atoms with van der Waals surface area (Å²) in [4.78, 5) is 22.3. The molecule has 4 heterocycles. The second kappa shape index (κ2) is 7.53. The molecule has 1 N–H and O–H groups in total. The lowest BCUT2D eigenvalue weighted by molar-refractivity contribution is 0.0762. The van der Waals surface area contributed by atoms with Gasteiger partial charge in [-0.05, 0) is 34.1 Å². The largest absolute Gasteiger partial charge is 0.392 e. The quantitative estimate of drug-likeness (QED) is 0.836. The Labute approximate surface area is 169 Å². The maximum absolute atomic E-state index is 13.0. The van der Waals surface area contributed by atoms with E-state index in [0.717, 1.165) is 27.2 Å². The minimum Gasteiger partial charge on any atom is -0.392 e. The van der Waals surface area contributed by atoms with Crippen LogP contribution in [0.25, 0.3) is 0 Å². The molecule has 1 amide bonds. The summed E-state index contributed by atoms with van der Waals surface area (Å²) in [5.41, 5.74) is 0.810. The molecule has 4 rings (SSSR count). The van der Waals surface area contributed by atoms with Crippen LogP contribution in [-0.4, -0.2) is 72.3 Å². The van der Waals surface area contributed by atoms with E-state index in [2.05, 4.69) is 38.5 Å². The summed E-state index contributed by atoms with van der Waals surface area (Å²) in [6.45, 7) is 10.7. The molecule has 2 aliphatic rings. The van der Waals surface area contributed by atoms with Crippen LogP contribution >= 0.6 is 11.3 Å². The van der Waals surface area contributed by atoms with E-state index in [4.69, 9.17) is 0 Å². The molecule has 1 fully saturated rings. The number of thiazole rings is 1.